The minimum atomic E-state index is -0.853. The summed E-state index contributed by atoms with van der Waals surface area (Å²) in [5, 5.41) is 21.5. The number of benzene rings is 1. The standard InChI is InChI=1S/C14H16BrNO4/c15-10-4-3-9(7-11(10)17)12(18)16-8-14(13(19)20)5-1-2-6-14/h3-4,7,17H,1-2,5-6,8H2,(H,16,18)(H,19,20). The van der Waals surface area contributed by atoms with Gasteiger partial charge in [0.15, 0.2) is 0 Å². The molecule has 0 radical (unpaired) electrons. The molecule has 20 heavy (non-hydrogen) atoms. The lowest BCUT2D eigenvalue weighted by Gasteiger charge is -2.24. The van der Waals surface area contributed by atoms with Crippen molar-refractivity contribution in [2.45, 2.75) is 25.7 Å². The van der Waals surface area contributed by atoms with Gasteiger partial charge in [0.1, 0.15) is 5.75 Å². The Morgan fingerprint density at radius 2 is 1.95 bits per heavy atom. The van der Waals surface area contributed by atoms with Gasteiger partial charge in [-0.1, -0.05) is 12.8 Å². The van der Waals surface area contributed by atoms with E-state index in [1.807, 2.05) is 0 Å². The smallest absolute Gasteiger partial charge is 0.311 e. The number of nitrogens with one attached hydrogen (secondary N) is 1. The molecule has 1 saturated carbocycles. The topological polar surface area (TPSA) is 86.6 Å². The number of carbonyl (C=O) groups is 2. The molecule has 6 heteroatoms. The third-order valence-corrected chi connectivity index (χ3v) is 4.48. The fourth-order valence-corrected chi connectivity index (χ4v) is 2.77. The number of aliphatic carboxylic acids is 1. The lowest BCUT2D eigenvalue weighted by Crippen LogP contribution is -2.41. The first-order valence-corrected chi connectivity index (χ1v) is 7.24. The van der Waals surface area contributed by atoms with Crippen molar-refractivity contribution in [2.24, 2.45) is 5.41 Å². The van der Waals surface area contributed by atoms with Crippen molar-refractivity contribution < 1.29 is 19.8 Å². The summed E-state index contributed by atoms with van der Waals surface area (Å²) in [4.78, 5) is 23.4. The van der Waals surface area contributed by atoms with Crippen molar-refractivity contribution in [3.8, 4) is 5.75 Å². The van der Waals surface area contributed by atoms with E-state index in [2.05, 4.69) is 21.2 Å². The van der Waals surface area contributed by atoms with Gasteiger partial charge >= 0.3 is 5.97 Å². The average Bonchev–Trinajstić information content (AvgIpc) is 2.89. The number of phenolic OH excluding ortho intramolecular Hbond substituents is 1. The Balaban J connectivity index is 2.04. The van der Waals surface area contributed by atoms with Crippen LogP contribution in [-0.2, 0) is 4.79 Å². The Hall–Kier alpha value is -1.56. The van der Waals surface area contributed by atoms with Crippen LogP contribution in [-0.4, -0.2) is 28.6 Å². The van der Waals surface area contributed by atoms with E-state index >= 15 is 0 Å². The van der Waals surface area contributed by atoms with Crippen LogP contribution >= 0.6 is 15.9 Å². The van der Waals surface area contributed by atoms with Crippen LogP contribution in [0.25, 0.3) is 0 Å². The molecule has 0 saturated heterocycles. The monoisotopic (exact) mass is 341 g/mol. The molecule has 2 rings (SSSR count). The largest absolute Gasteiger partial charge is 0.507 e. The van der Waals surface area contributed by atoms with E-state index in [1.165, 1.54) is 6.07 Å². The van der Waals surface area contributed by atoms with Crippen molar-refractivity contribution in [2.75, 3.05) is 6.54 Å². The molecule has 0 aliphatic heterocycles. The number of carboxylic acids is 1. The molecular formula is C14H16BrNO4. The minimum absolute atomic E-state index is 0.0218. The summed E-state index contributed by atoms with van der Waals surface area (Å²) < 4.78 is 0.506. The van der Waals surface area contributed by atoms with Crippen LogP contribution in [0, 0.1) is 5.41 Å². The molecule has 3 N–H and O–H groups in total. The number of halogens is 1. The molecule has 1 aliphatic carbocycles. The first-order chi connectivity index (χ1) is 9.44. The number of hydrogen-bond acceptors (Lipinski definition) is 3. The van der Waals surface area contributed by atoms with E-state index in [4.69, 9.17) is 0 Å². The summed E-state index contributed by atoms with van der Waals surface area (Å²) in [6.07, 6.45) is 2.94. The van der Waals surface area contributed by atoms with Crippen LogP contribution in [0.3, 0.4) is 0 Å². The molecule has 1 aromatic carbocycles. The molecule has 0 spiro atoms. The first kappa shape index (κ1) is 14.8. The van der Waals surface area contributed by atoms with Crippen LogP contribution in [0.15, 0.2) is 22.7 Å². The zero-order valence-electron chi connectivity index (χ0n) is 10.9. The van der Waals surface area contributed by atoms with Gasteiger partial charge < -0.3 is 15.5 Å². The molecule has 1 fully saturated rings. The van der Waals surface area contributed by atoms with Crippen LogP contribution in [0.1, 0.15) is 36.0 Å². The fraction of sp³-hybridized carbons (Fsp3) is 0.429. The van der Waals surface area contributed by atoms with Crippen LogP contribution in [0.2, 0.25) is 0 Å². The van der Waals surface area contributed by atoms with Gasteiger partial charge in [-0.05, 0) is 47.0 Å². The summed E-state index contributed by atoms with van der Waals surface area (Å²) in [5.41, 5.74) is -0.531. The lowest BCUT2D eigenvalue weighted by molar-refractivity contribution is -0.148. The Bertz CT molecular complexity index is 538. The number of phenols is 1. The Labute approximate surface area is 125 Å². The number of rotatable bonds is 4. The third kappa shape index (κ3) is 2.95. The second-order valence-corrected chi connectivity index (χ2v) is 6.00. The van der Waals surface area contributed by atoms with Crippen molar-refractivity contribution in [1.82, 2.24) is 5.32 Å². The summed E-state index contributed by atoms with van der Waals surface area (Å²) >= 11 is 3.14. The zero-order valence-corrected chi connectivity index (χ0v) is 12.4. The number of amides is 1. The Morgan fingerprint density at radius 3 is 2.50 bits per heavy atom. The van der Waals surface area contributed by atoms with E-state index in [1.54, 1.807) is 12.1 Å². The predicted octanol–water partition coefficient (Wildman–Crippen LogP) is 2.53. The van der Waals surface area contributed by atoms with Crippen molar-refractivity contribution in [1.29, 1.82) is 0 Å². The van der Waals surface area contributed by atoms with Crippen molar-refractivity contribution >= 4 is 27.8 Å². The highest BCUT2D eigenvalue weighted by atomic mass is 79.9. The summed E-state index contributed by atoms with van der Waals surface area (Å²) in [6.45, 7) is 0.123. The average molecular weight is 342 g/mol. The van der Waals surface area contributed by atoms with Gasteiger partial charge in [0.25, 0.3) is 5.91 Å². The summed E-state index contributed by atoms with van der Waals surface area (Å²) in [5.74, 6) is -1.25. The summed E-state index contributed by atoms with van der Waals surface area (Å²) in [7, 11) is 0. The number of carboxylic acid groups (broad SMARTS) is 1. The third-order valence-electron chi connectivity index (χ3n) is 3.81. The minimum Gasteiger partial charge on any atom is -0.507 e. The maximum absolute atomic E-state index is 12.0. The van der Waals surface area contributed by atoms with Gasteiger partial charge in [0.2, 0.25) is 0 Å². The molecule has 0 unspecified atom stereocenters. The quantitative estimate of drug-likeness (QED) is 0.785. The first-order valence-electron chi connectivity index (χ1n) is 6.45. The Kier molecular flexibility index (Phi) is 4.32. The number of aromatic hydroxyl groups is 1. The normalized spacial score (nSPS) is 16.9. The van der Waals surface area contributed by atoms with E-state index in [0.717, 1.165) is 12.8 Å². The number of carbonyl (C=O) groups excluding carboxylic acids is 1. The van der Waals surface area contributed by atoms with Crippen LogP contribution in [0.4, 0.5) is 0 Å². The SMILES string of the molecule is O=C(NCC1(C(=O)O)CCCC1)c1ccc(Br)c(O)c1. The molecule has 0 bridgehead atoms. The Morgan fingerprint density at radius 1 is 1.30 bits per heavy atom. The molecule has 1 amide bonds. The maximum atomic E-state index is 12.0. The van der Waals surface area contributed by atoms with Gasteiger partial charge in [0.05, 0.1) is 9.89 Å². The van der Waals surface area contributed by atoms with E-state index in [-0.39, 0.29) is 18.2 Å². The van der Waals surface area contributed by atoms with Crippen LogP contribution in [0.5, 0.6) is 5.75 Å². The second kappa shape index (κ2) is 5.83. The van der Waals surface area contributed by atoms with Gasteiger partial charge in [-0.15, -0.1) is 0 Å². The highest BCUT2D eigenvalue weighted by Gasteiger charge is 2.41. The van der Waals surface area contributed by atoms with Crippen molar-refractivity contribution in [3.05, 3.63) is 28.2 Å². The van der Waals surface area contributed by atoms with Gasteiger partial charge in [-0.3, -0.25) is 9.59 Å². The second-order valence-electron chi connectivity index (χ2n) is 5.14. The molecular weight excluding hydrogens is 326 g/mol. The molecule has 108 valence electrons. The molecule has 0 aromatic heterocycles. The van der Waals surface area contributed by atoms with E-state index < -0.39 is 11.4 Å². The molecule has 0 heterocycles. The van der Waals surface area contributed by atoms with Gasteiger partial charge in [-0.25, -0.2) is 0 Å². The lowest BCUT2D eigenvalue weighted by atomic mass is 9.86. The molecule has 1 aliphatic rings. The molecule has 5 nitrogen and oxygen atoms in total. The highest BCUT2D eigenvalue weighted by molar-refractivity contribution is 9.10. The highest BCUT2D eigenvalue weighted by Crippen LogP contribution is 2.37. The van der Waals surface area contributed by atoms with Gasteiger partial charge in [0, 0.05) is 12.1 Å². The fourth-order valence-electron chi connectivity index (χ4n) is 2.52. The van der Waals surface area contributed by atoms with Gasteiger partial charge in [-0.2, -0.15) is 0 Å². The molecule has 0 atom stereocenters. The zero-order chi connectivity index (χ0) is 14.8. The van der Waals surface area contributed by atoms with Crippen LogP contribution < -0.4 is 5.32 Å². The summed E-state index contributed by atoms with van der Waals surface area (Å²) in [6, 6.07) is 4.50. The van der Waals surface area contributed by atoms with E-state index in [0.29, 0.717) is 22.9 Å². The molecule has 1 aromatic rings. The maximum Gasteiger partial charge on any atom is 0.311 e. The number of hydrogen-bond donors (Lipinski definition) is 3. The van der Waals surface area contributed by atoms with E-state index in [9.17, 15) is 19.8 Å². The predicted molar refractivity (Wildman–Crippen MR) is 76.7 cm³/mol. The van der Waals surface area contributed by atoms with Crippen molar-refractivity contribution in [3.63, 3.8) is 0 Å².